The summed E-state index contributed by atoms with van der Waals surface area (Å²) in [7, 11) is 0. The van der Waals surface area contributed by atoms with E-state index < -0.39 is 11.9 Å². The van der Waals surface area contributed by atoms with Crippen LogP contribution in [0, 0.1) is 0 Å². The van der Waals surface area contributed by atoms with Crippen molar-refractivity contribution >= 4 is 23.5 Å². The average Bonchev–Trinajstić information content (AvgIpc) is 2.36. The average molecular weight is 276 g/mol. The van der Waals surface area contributed by atoms with E-state index in [0.717, 1.165) is 12.2 Å². The highest BCUT2D eigenvalue weighted by molar-refractivity contribution is 6.02. The number of hydrogen-bond acceptors (Lipinski definition) is 3. The number of benzene rings is 1. The molecule has 0 fully saturated rings. The summed E-state index contributed by atoms with van der Waals surface area (Å²) in [5.41, 5.74) is 0.962. The van der Waals surface area contributed by atoms with Crippen LogP contribution in [-0.2, 0) is 9.59 Å². The molecule has 20 heavy (non-hydrogen) atoms. The van der Waals surface area contributed by atoms with Gasteiger partial charge >= 0.3 is 5.97 Å². The van der Waals surface area contributed by atoms with Gasteiger partial charge in [-0.05, 0) is 38.1 Å². The first-order valence-electron chi connectivity index (χ1n) is 6.01. The molecule has 6 nitrogen and oxygen atoms in total. The standard InChI is InChI=1S/C14H16N2O4/c1-9(2)15-14(20)10-3-5-11(6-4-10)16-12(17)7-8-13(18)19/h3-9H,1-2H3,(H,15,20)(H,16,17)(H,18,19)/b8-7+. The van der Waals surface area contributed by atoms with Crippen molar-refractivity contribution in [3.8, 4) is 0 Å². The highest BCUT2D eigenvalue weighted by atomic mass is 16.4. The summed E-state index contributed by atoms with van der Waals surface area (Å²) < 4.78 is 0. The molecule has 1 aromatic carbocycles. The lowest BCUT2D eigenvalue weighted by molar-refractivity contribution is -0.131. The molecule has 1 rings (SSSR count). The zero-order valence-corrected chi connectivity index (χ0v) is 11.2. The molecule has 3 N–H and O–H groups in total. The summed E-state index contributed by atoms with van der Waals surface area (Å²) in [6.45, 7) is 3.72. The van der Waals surface area contributed by atoms with Gasteiger partial charge in [0.05, 0.1) is 0 Å². The first-order chi connectivity index (χ1) is 9.38. The molecule has 0 spiro atoms. The number of nitrogens with one attached hydrogen (secondary N) is 2. The molecule has 6 heteroatoms. The second-order valence-electron chi connectivity index (χ2n) is 4.37. The zero-order chi connectivity index (χ0) is 15.1. The molecule has 106 valence electrons. The largest absolute Gasteiger partial charge is 0.478 e. The summed E-state index contributed by atoms with van der Waals surface area (Å²) in [4.78, 5) is 33.3. The molecule has 1 aromatic rings. The molecule has 0 aliphatic heterocycles. The van der Waals surface area contributed by atoms with E-state index in [1.165, 1.54) is 0 Å². The second-order valence-corrected chi connectivity index (χ2v) is 4.37. The Balaban J connectivity index is 2.65. The Morgan fingerprint density at radius 2 is 1.70 bits per heavy atom. The lowest BCUT2D eigenvalue weighted by atomic mass is 10.2. The first kappa shape index (κ1) is 15.4. The van der Waals surface area contributed by atoms with Crippen LogP contribution in [0.25, 0.3) is 0 Å². The number of aliphatic carboxylic acids is 1. The fraction of sp³-hybridized carbons (Fsp3) is 0.214. The van der Waals surface area contributed by atoms with Gasteiger partial charge in [0, 0.05) is 29.4 Å². The van der Waals surface area contributed by atoms with Crippen molar-refractivity contribution in [3.05, 3.63) is 42.0 Å². The number of carbonyl (C=O) groups excluding carboxylic acids is 2. The van der Waals surface area contributed by atoms with Crippen molar-refractivity contribution in [2.24, 2.45) is 0 Å². The Morgan fingerprint density at radius 3 is 2.20 bits per heavy atom. The van der Waals surface area contributed by atoms with Crippen LogP contribution < -0.4 is 10.6 Å². The van der Waals surface area contributed by atoms with Crippen molar-refractivity contribution < 1.29 is 19.5 Å². The van der Waals surface area contributed by atoms with Gasteiger partial charge in [-0.25, -0.2) is 4.79 Å². The Morgan fingerprint density at radius 1 is 1.10 bits per heavy atom. The number of rotatable bonds is 5. The smallest absolute Gasteiger partial charge is 0.328 e. The summed E-state index contributed by atoms with van der Waals surface area (Å²) >= 11 is 0. The van der Waals surface area contributed by atoms with Gasteiger partial charge in [-0.15, -0.1) is 0 Å². The van der Waals surface area contributed by atoms with Crippen molar-refractivity contribution in [2.75, 3.05) is 5.32 Å². The van der Waals surface area contributed by atoms with Crippen LogP contribution in [0.15, 0.2) is 36.4 Å². The van der Waals surface area contributed by atoms with Gasteiger partial charge in [0.15, 0.2) is 0 Å². The second kappa shape index (κ2) is 7.08. The Hall–Kier alpha value is -2.63. The number of hydrogen-bond donors (Lipinski definition) is 3. The van der Waals surface area contributed by atoms with E-state index in [-0.39, 0.29) is 11.9 Å². The first-order valence-corrected chi connectivity index (χ1v) is 6.01. The quantitative estimate of drug-likeness (QED) is 0.708. The summed E-state index contributed by atoms with van der Waals surface area (Å²) in [6.07, 6.45) is 1.67. The molecule has 0 aliphatic rings. The fourth-order valence-electron chi connectivity index (χ4n) is 1.38. The van der Waals surface area contributed by atoms with Gasteiger partial charge in [-0.3, -0.25) is 9.59 Å². The summed E-state index contributed by atoms with van der Waals surface area (Å²) in [6, 6.07) is 6.34. The van der Waals surface area contributed by atoms with Gasteiger partial charge in [-0.1, -0.05) is 0 Å². The van der Waals surface area contributed by atoms with Crippen LogP contribution in [0.1, 0.15) is 24.2 Å². The molecule has 0 bridgehead atoms. The van der Waals surface area contributed by atoms with Crippen LogP contribution in [0.5, 0.6) is 0 Å². The number of amides is 2. The third kappa shape index (κ3) is 5.34. The molecule has 0 radical (unpaired) electrons. The predicted molar refractivity (Wildman–Crippen MR) is 74.4 cm³/mol. The maximum absolute atomic E-state index is 11.7. The van der Waals surface area contributed by atoms with Gasteiger partial charge < -0.3 is 15.7 Å². The monoisotopic (exact) mass is 276 g/mol. The highest BCUT2D eigenvalue weighted by Gasteiger charge is 2.06. The number of carboxylic acids is 1. The van der Waals surface area contributed by atoms with E-state index in [9.17, 15) is 14.4 Å². The van der Waals surface area contributed by atoms with Gasteiger partial charge in [-0.2, -0.15) is 0 Å². The van der Waals surface area contributed by atoms with Gasteiger partial charge in [0.1, 0.15) is 0 Å². The third-order valence-electron chi connectivity index (χ3n) is 2.21. The lowest BCUT2D eigenvalue weighted by Crippen LogP contribution is -2.29. The van der Waals surface area contributed by atoms with Gasteiger partial charge in [0.2, 0.25) is 5.91 Å². The van der Waals surface area contributed by atoms with Crippen LogP contribution in [0.3, 0.4) is 0 Å². The number of carboxylic acid groups (broad SMARTS) is 1. The van der Waals surface area contributed by atoms with E-state index >= 15 is 0 Å². The van der Waals surface area contributed by atoms with E-state index in [4.69, 9.17) is 5.11 Å². The van der Waals surface area contributed by atoms with Gasteiger partial charge in [0.25, 0.3) is 5.91 Å². The minimum Gasteiger partial charge on any atom is -0.478 e. The van der Waals surface area contributed by atoms with Crippen molar-refractivity contribution in [1.82, 2.24) is 5.32 Å². The van der Waals surface area contributed by atoms with Crippen LogP contribution >= 0.6 is 0 Å². The van der Waals surface area contributed by atoms with Crippen molar-refractivity contribution in [3.63, 3.8) is 0 Å². The molecule has 0 aliphatic carbocycles. The Kier molecular flexibility index (Phi) is 5.46. The fourth-order valence-corrected chi connectivity index (χ4v) is 1.38. The summed E-state index contributed by atoms with van der Waals surface area (Å²) in [5, 5.41) is 13.6. The topological polar surface area (TPSA) is 95.5 Å². The summed E-state index contributed by atoms with van der Waals surface area (Å²) in [5.74, 6) is -1.93. The molecular formula is C14H16N2O4. The van der Waals surface area contributed by atoms with Crippen LogP contribution in [0.2, 0.25) is 0 Å². The Labute approximate surface area is 116 Å². The highest BCUT2D eigenvalue weighted by Crippen LogP contribution is 2.09. The normalized spacial score (nSPS) is 10.6. The van der Waals surface area contributed by atoms with Crippen molar-refractivity contribution in [2.45, 2.75) is 19.9 Å². The maximum Gasteiger partial charge on any atom is 0.328 e. The van der Waals surface area contributed by atoms with Crippen LogP contribution in [0.4, 0.5) is 5.69 Å². The molecule has 2 amide bonds. The molecular weight excluding hydrogens is 260 g/mol. The molecule has 0 unspecified atom stereocenters. The molecule has 0 saturated carbocycles. The van der Waals surface area contributed by atoms with Crippen molar-refractivity contribution in [1.29, 1.82) is 0 Å². The minimum atomic E-state index is -1.19. The molecule has 0 aromatic heterocycles. The Bertz CT molecular complexity index is 533. The predicted octanol–water partition coefficient (Wildman–Crippen LogP) is 1.40. The zero-order valence-electron chi connectivity index (χ0n) is 11.2. The van der Waals surface area contributed by atoms with E-state index in [2.05, 4.69) is 10.6 Å². The minimum absolute atomic E-state index is 0.0445. The number of carbonyl (C=O) groups is 3. The number of anilines is 1. The van der Waals surface area contributed by atoms with E-state index in [1.807, 2.05) is 13.8 Å². The SMILES string of the molecule is CC(C)NC(=O)c1ccc(NC(=O)/C=C/C(=O)O)cc1. The molecule has 0 saturated heterocycles. The van der Waals surface area contributed by atoms with Crippen LogP contribution in [-0.4, -0.2) is 28.9 Å². The van der Waals surface area contributed by atoms with E-state index in [0.29, 0.717) is 11.3 Å². The lowest BCUT2D eigenvalue weighted by Gasteiger charge is -2.08. The molecule has 0 heterocycles. The third-order valence-corrected chi connectivity index (χ3v) is 2.21. The maximum atomic E-state index is 11.7. The molecule has 0 atom stereocenters. The van der Waals surface area contributed by atoms with E-state index in [1.54, 1.807) is 24.3 Å².